The second kappa shape index (κ2) is 6.45. The van der Waals surface area contributed by atoms with Gasteiger partial charge in [-0.2, -0.15) is 0 Å². The summed E-state index contributed by atoms with van der Waals surface area (Å²) in [5.74, 6) is 1.82. The number of hydrogen-bond acceptors (Lipinski definition) is 2. The molecule has 3 heteroatoms. The standard InChI is InChI=1S/C13H26O2Si/c1-12-8-5-6-9-13(12)14-10-7-11-15-16(2,3)4/h9,12H,5-8,10-11H2,1-4H3. The maximum absolute atomic E-state index is 5.81. The second-order valence-electron chi connectivity index (χ2n) is 5.60. The Morgan fingerprint density at radius 2 is 2.06 bits per heavy atom. The predicted molar refractivity (Wildman–Crippen MR) is 71.0 cm³/mol. The summed E-state index contributed by atoms with van der Waals surface area (Å²) in [6.45, 7) is 10.6. The quantitative estimate of drug-likeness (QED) is 0.519. The number of hydrogen-bond donors (Lipinski definition) is 0. The van der Waals surface area contributed by atoms with E-state index in [-0.39, 0.29) is 0 Å². The highest BCUT2D eigenvalue weighted by Crippen LogP contribution is 2.24. The minimum Gasteiger partial charge on any atom is -0.498 e. The van der Waals surface area contributed by atoms with Crippen molar-refractivity contribution in [3.8, 4) is 0 Å². The van der Waals surface area contributed by atoms with E-state index < -0.39 is 8.32 Å². The highest BCUT2D eigenvalue weighted by molar-refractivity contribution is 6.69. The van der Waals surface area contributed by atoms with Gasteiger partial charge in [0, 0.05) is 18.9 Å². The second-order valence-corrected chi connectivity index (χ2v) is 10.1. The van der Waals surface area contributed by atoms with E-state index in [0.717, 1.165) is 19.6 Å². The summed E-state index contributed by atoms with van der Waals surface area (Å²) in [6, 6.07) is 0. The molecule has 0 N–H and O–H groups in total. The van der Waals surface area contributed by atoms with E-state index in [2.05, 4.69) is 32.6 Å². The van der Waals surface area contributed by atoms with E-state index in [1.807, 2.05) is 0 Å². The fourth-order valence-electron chi connectivity index (χ4n) is 1.84. The van der Waals surface area contributed by atoms with Gasteiger partial charge in [-0.05, 0) is 45.0 Å². The van der Waals surface area contributed by atoms with Crippen LogP contribution in [0.15, 0.2) is 11.8 Å². The van der Waals surface area contributed by atoms with Crippen molar-refractivity contribution in [3.05, 3.63) is 11.8 Å². The van der Waals surface area contributed by atoms with Gasteiger partial charge in [0.1, 0.15) is 0 Å². The molecule has 0 radical (unpaired) electrons. The largest absolute Gasteiger partial charge is 0.498 e. The molecule has 0 aliphatic heterocycles. The summed E-state index contributed by atoms with van der Waals surface area (Å²) in [7, 11) is -1.33. The van der Waals surface area contributed by atoms with E-state index in [1.54, 1.807) is 0 Å². The van der Waals surface area contributed by atoms with Crippen LogP contribution >= 0.6 is 0 Å². The molecular weight excluding hydrogens is 216 g/mol. The zero-order valence-electron chi connectivity index (χ0n) is 11.2. The van der Waals surface area contributed by atoms with Gasteiger partial charge < -0.3 is 9.16 Å². The van der Waals surface area contributed by atoms with Gasteiger partial charge in [0.25, 0.3) is 0 Å². The van der Waals surface area contributed by atoms with Gasteiger partial charge in [0.2, 0.25) is 0 Å². The predicted octanol–water partition coefficient (Wildman–Crippen LogP) is 3.95. The molecule has 0 spiro atoms. The lowest BCUT2D eigenvalue weighted by atomic mass is 9.96. The zero-order valence-corrected chi connectivity index (χ0v) is 12.2. The molecule has 0 amide bonds. The van der Waals surface area contributed by atoms with E-state index in [1.165, 1.54) is 25.0 Å². The Kier molecular flexibility index (Phi) is 5.56. The van der Waals surface area contributed by atoms with Gasteiger partial charge in [0.05, 0.1) is 12.4 Å². The Labute approximate surface area is 101 Å². The van der Waals surface area contributed by atoms with Crippen molar-refractivity contribution in [1.29, 1.82) is 0 Å². The third-order valence-corrected chi connectivity index (χ3v) is 3.84. The van der Waals surface area contributed by atoms with Crippen LogP contribution in [0.2, 0.25) is 19.6 Å². The molecule has 0 aromatic carbocycles. The minimum absolute atomic E-state index is 0.617. The monoisotopic (exact) mass is 242 g/mol. The molecule has 1 rings (SSSR count). The Bertz CT molecular complexity index is 231. The smallest absolute Gasteiger partial charge is 0.183 e. The molecule has 1 atom stereocenters. The maximum atomic E-state index is 5.81. The third kappa shape index (κ3) is 5.71. The third-order valence-electron chi connectivity index (χ3n) is 2.76. The number of ether oxygens (including phenoxy) is 1. The number of allylic oxidation sites excluding steroid dienone is 2. The van der Waals surface area contributed by atoms with Gasteiger partial charge in [-0.3, -0.25) is 0 Å². The molecule has 0 aromatic heterocycles. The highest BCUT2D eigenvalue weighted by Gasteiger charge is 2.15. The highest BCUT2D eigenvalue weighted by atomic mass is 28.4. The SMILES string of the molecule is CC1CCCC=C1OCCCO[Si](C)(C)C. The first kappa shape index (κ1) is 13.8. The minimum atomic E-state index is -1.33. The molecule has 1 unspecified atom stereocenters. The van der Waals surface area contributed by atoms with E-state index >= 15 is 0 Å². The Morgan fingerprint density at radius 1 is 1.31 bits per heavy atom. The average molecular weight is 242 g/mol. The van der Waals surface area contributed by atoms with Crippen LogP contribution in [0, 0.1) is 5.92 Å². The van der Waals surface area contributed by atoms with Crippen LogP contribution < -0.4 is 0 Å². The molecule has 2 nitrogen and oxygen atoms in total. The first-order valence-corrected chi connectivity index (χ1v) is 9.87. The van der Waals surface area contributed by atoms with E-state index in [9.17, 15) is 0 Å². The van der Waals surface area contributed by atoms with Crippen molar-refractivity contribution in [2.75, 3.05) is 13.2 Å². The molecule has 0 fully saturated rings. The summed E-state index contributed by atoms with van der Waals surface area (Å²) in [4.78, 5) is 0. The van der Waals surface area contributed by atoms with Crippen molar-refractivity contribution in [2.24, 2.45) is 5.92 Å². The Morgan fingerprint density at radius 3 is 2.69 bits per heavy atom. The Balaban J connectivity index is 2.09. The summed E-state index contributed by atoms with van der Waals surface area (Å²) < 4.78 is 11.6. The van der Waals surface area contributed by atoms with Crippen LogP contribution in [-0.2, 0) is 9.16 Å². The summed E-state index contributed by atoms with van der Waals surface area (Å²) >= 11 is 0. The number of rotatable bonds is 6. The normalized spacial score (nSPS) is 21.8. The molecule has 0 saturated carbocycles. The van der Waals surface area contributed by atoms with Crippen LogP contribution in [0.25, 0.3) is 0 Å². The van der Waals surface area contributed by atoms with E-state index in [4.69, 9.17) is 9.16 Å². The topological polar surface area (TPSA) is 18.5 Å². The average Bonchev–Trinajstić information content (AvgIpc) is 2.18. The van der Waals surface area contributed by atoms with Crippen molar-refractivity contribution in [2.45, 2.75) is 52.2 Å². The first-order chi connectivity index (χ1) is 7.49. The lowest BCUT2D eigenvalue weighted by molar-refractivity contribution is 0.150. The lowest BCUT2D eigenvalue weighted by Crippen LogP contribution is -2.26. The molecule has 16 heavy (non-hydrogen) atoms. The van der Waals surface area contributed by atoms with Crippen molar-refractivity contribution in [1.82, 2.24) is 0 Å². The van der Waals surface area contributed by atoms with Gasteiger partial charge in [0.15, 0.2) is 8.32 Å². The first-order valence-electron chi connectivity index (χ1n) is 6.46. The van der Waals surface area contributed by atoms with Crippen LogP contribution in [0.1, 0.15) is 32.6 Å². The fraction of sp³-hybridized carbons (Fsp3) is 0.846. The summed E-state index contributed by atoms with van der Waals surface area (Å²) in [6.07, 6.45) is 7.04. The Hall–Kier alpha value is -0.283. The van der Waals surface area contributed by atoms with Crippen LogP contribution in [0.5, 0.6) is 0 Å². The summed E-state index contributed by atoms with van der Waals surface area (Å²) in [5, 5.41) is 0. The maximum Gasteiger partial charge on any atom is 0.183 e. The fourth-order valence-corrected chi connectivity index (χ4v) is 2.60. The van der Waals surface area contributed by atoms with Crippen LogP contribution in [0.3, 0.4) is 0 Å². The van der Waals surface area contributed by atoms with Crippen molar-refractivity contribution in [3.63, 3.8) is 0 Å². The van der Waals surface area contributed by atoms with E-state index in [0.29, 0.717) is 5.92 Å². The molecule has 0 heterocycles. The van der Waals surface area contributed by atoms with Crippen molar-refractivity contribution < 1.29 is 9.16 Å². The molecular formula is C13H26O2Si. The zero-order chi connectivity index (χ0) is 12.0. The van der Waals surface area contributed by atoms with Gasteiger partial charge in [-0.1, -0.05) is 6.92 Å². The molecule has 0 bridgehead atoms. The van der Waals surface area contributed by atoms with Gasteiger partial charge in [-0.15, -0.1) is 0 Å². The molecule has 0 saturated heterocycles. The molecule has 0 aromatic rings. The molecule has 1 aliphatic rings. The van der Waals surface area contributed by atoms with Crippen molar-refractivity contribution >= 4 is 8.32 Å². The molecule has 1 aliphatic carbocycles. The van der Waals surface area contributed by atoms with Crippen LogP contribution in [-0.4, -0.2) is 21.5 Å². The van der Waals surface area contributed by atoms with Gasteiger partial charge >= 0.3 is 0 Å². The lowest BCUT2D eigenvalue weighted by Gasteiger charge is -2.21. The molecule has 94 valence electrons. The van der Waals surface area contributed by atoms with Gasteiger partial charge in [-0.25, -0.2) is 0 Å². The van der Waals surface area contributed by atoms with Crippen LogP contribution in [0.4, 0.5) is 0 Å². The summed E-state index contributed by atoms with van der Waals surface area (Å²) in [5.41, 5.74) is 0.